The van der Waals surface area contributed by atoms with Gasteiger partial charge in [-0.15, -0.1) is 0 Å². The predicted octanol–water partition coefficient (Wildman–Crippen LogP) is 2.29. The highest BCUT2D eigenvalue weighted by molar-refractivity contribution is 5.80. The number of carbonyl (C=O) groups is 1. The molecule has 0 unspecified atom stereocenters. The molecule has 3 heterocycles. The summed E-state index contributed by atoms with van der Waals surface area (Å²) >= 11 is 0. The zero-order chi connectivity index (χ0) is 17.3. The van der Waals surface area contributed by atoms with Crippen molar-refractivity contribution in [3.05, 3.63) is 29.6 Å². The number of pyridine rings is 1. The molecule has 0 radical (unpaired) electrons. The Labute approximate surface area is 150 Å². The lowest BCUT2D eigenvalue weighted by molar-refractivity contribution is -0.122. The summed E-state index contributed by atoms with van der Waals surface area (Å²) in [4.78, 5) is 19.1. The standard InChI is InChI=1S/C20H29N3O2/c1-15-3-2-4-17(22-15)13-23-11-7-18-20(14-23,9-12-25-18)8-10-21-19(24)16-5-6-16/h2-4,16,18H,5-14H2,1H3,(H,21,24)/t18-,20+/m1/s1. The molecule has 0 spiro atoms. The van der Waals surface area contributed by atoms with Crippen LogP contribution < -0.4 is 5.32 Å². The van der Waals surface area contributed by atoms with Gasteiger partial charge >= 0.3 is 0 Å². The molecule has 0 bridgehead atoms. The van der Waals surface area contributed by atoms with E-state index >= 15 is 0 Å². The number of piperidine rings is 1. The molecule has 1 saturated carbocycles. The zero-order valence-corrected chi connectivity index (χ0v) is 15.2. The second kappa shape index (κ2) is 7.04. The molecule has 1 aromatic rings. The van der Waals surface area contributed by atoms with E-state index in [9.17, 15) is 4.79 Å². The molecule has 2 atom stereocenters. The first kappa shape index (κ1) is 17.0. The number of aromatic nitrogens is 1. The summed E-state index contributed by atoms with van der Waals surface area (Å²) in [6.45, 7) is 6.71. The molecule has 5 heteroatoms. The topological polar surface area (TPSA) is 54.5 Å². The molecule has 3 fully saturated rings. The van der Waals surface area contributed by atoms with Crippen LogP contribution in [0.25, 0.3) is 0 Å². The molecular weight excluding hydrogens is 314 g/mol. The van der Waals surface area contributed by atoms with Gasteiger partial charge in [-0.05, 0) is 51.2 Å². The molecule has 2 saturated heterocycles. The van der Waals surface area contributed by atoms with Crippen LogP contribution in [0.15, 0.2) is 18.2 Å². The van der Waals surface area contributed by atoms with E-state index in [0.29, 0.717) is 12.0 Å². The largest absolute Gasteiger partial charge is 0.378 e. The first-order valence-corrected chi connectivity index (χ1v) is 9.69. The number of hydrogen-bond acceptors (Lipinski definition) is 4. The minimum Gasteiger partial charge on any atom is -0.378 e. The second-order valence-electron chi connectivity index (χ2n) is 8.06. The first-order valence-electron chi connectivity index (χ1n) is 9.69. The van der Waals surface area contributed by atoms with Crippen molar-refractivity contribution in [1.29, 1.82) is 0 Å². The van der Waals surface area contributed by atoms with E-state index in [1.54, 1.807) is 0 Å². The normalized spacial score (nSPS) is 29.4. The van der Waals surface area contributed by atoms with E-state index in [4.69, 9.17) is 4.74 Å². The first-order chi connectivity index (χ1) is 12.1. The van der Waals surface area contributed by atoms with Gasteiger partial charge in [0.2, 0.25) is 5.91 Å². The van der Waals surface area contributed by atoms with Gasteiger partial charge in [-0.2, -0.15) is 0 Å². The molecular formula is C20H29N3O2. The Morgan fingerprint density at radius 2 is 2.28 bits per heavy atom. The van der Waals surface area contributed by atoms with E-state index in [1.165, 1.54) is 0 Å². The third kappa shape index (κ3) is 3.87. The van der Waals surface area contributed by atoms with Crippen LogP contribution in [0, 0.1) is 18.3 Å². The Bertz CT molecular complexity index is 631. The lowest BCUT2D eigenvalue weighted by Gasteiger charge is -2.44. The predicted molar refractivity (Wildman–Crippen MR) is 96.0 cm³/mol. The van der Waals surface area contributed by atoms with Gasteiger partial charge in [0.15, 0.2) is 0 Å². The molecule has 1 aromatic heterocycles. The van der Waals surface area contributed by atoms with Gasteiger partial charge in [-0.3, -0.25) is 14.7 Å². The smallest absolute Gasteiger partial charge is 0.223 e. The summed E-state index contributed by atoms with van der Waals surface area (Å²) < 4.78 is 6.04. The number of nitrogens with zero attached hydrogens (tertiary/aromatic N) is 2. The number of ether oxygens (including phenoxy) is 1. The van der Waals surface area contributed by atoms with Crippen LogP contribution in [0.4, 0.5) is 0 Å². The quantitative estimate of drug-likeness (QED) is 0.861. The van der Waals surface area contributed by atoms with Crippen molar-refractivity contribution in [2.24, 2.45) is 11.3 Å². The lowest BCUT2D eigenvalue weighted by atomic mass is 9.74. The Balaban J connectivity index is 1.37. The van der Waals surface area contributed by atoms with Crippen molar-refractivity contribution in [3.8, 4) is 0 Å². The van der Waals surface area contributed by atoms with Crippen LogP contribution >= 0.6 is 0 Å². The fourth-order valence-electron chi connectivity index (χ4n) is 4.48. The molecule has 4 rings (SSSR count). The lowest BCUT2D eigenvalue weighted by Crippen LogP contribution is -2.50. The molecule has 0 aromatic carbocycles. The number of carbonyl (C=O) groups excluding carboxylic acids is 1. The fraction of sp³-hybridized carbons (Fsp3) is 0.700. The summed E-state index contributed by atoms with van der Waals surface area (Å²) in [5.41, 5.74) is 2.42. The Morgan fingerprint density at radius 1 is 1.40 bits per heavy atom. The van der Waals surface area contributed by atoms with Crippen LogP contribution in [0.1, 0.15) is 43.5 Å². The minimum absolute atomic E-state index is 0.193. The molecule has 3 aliphatic rings. The Kier molecular flexibility index (Phi) is 4.78. The van der Waals surface area contributed by atoms with Crippen molar-refractivity contribution in [2.45, 2.75) is 51.7 Å². The van der Waals surface area contributed by atoms with Crippen LogP contribution in [0.2, 0.25) is 0 Å². The van der Waals surface area contributed by atoms with E-state index in [1.807, 2.05) is 13.0 Å². The van der Waals surface area contributed by atoms with Gasteiger partial charge in [0, 0.05) is 49.8 Å². The number of hydrogen-bond donors (Lipinski definition) is 1. The number of aryl methyl sites for hydroxylation is 1. The van der Waals surface area contributed by atoms with Crippen molar-refractivity contribution < 1.29 is 9.53 Å². The highest BCUT2D eigenvalue weighted by atomic mass is 16.5. The molecule has 1 N–H and O–H groups in total. The van der Waals surface area contributed by atoms with Crippen molar-refractivity contribution in [3.63, 3.8) is 0 Å². The molecule has 1 aliphatic carbocycles. The van der Waals surface area contributed by atoms with Gasteiger partial charge in [0.25, 0.3) is 0 Å². The van der Waals surface area contributed by atoms with E-state index in [0.717, 1.165) is 76.3 Å². The number of fused-ring (bicyclic) bond motifs is 1. The van der Waals surface area contributed by atoms with E-state index in [-0.39, 0.29) is 11.3 Å². The SMILES string of the molecule is Cc1cccc(CN2CC[C@H]3OCC[C@@]3(CCNC(=O)C3CC3)C2)n1. The highest BCUT2D eigenvalue weighted by Crippen LogP contribution is 2.43. The number of likely N-dealkylation sites (tertiary alicyclic amines) is 1. The minimum atomic E-state index is 0.193. The number of rotatable bonds is 6. The maximum absolute atomic E-state index is 11.9. The number of amides is 1. The molecule has 2 aliphatic heterocycles. The van der Waals surface area contributed by atoms with Gasteiger partial charge in [0.1, 0.15) is 0 Å². The molecule has 25 heavy (non-hydrogen) atoms. The summed E-state index contributed by atoms with van der Waals surface area (Å²) in [6.07, 6.45) is 5.71. The average Bonchev–Trinajstić information content (AvgIpc) is 3.35. The van der Waals surface area contributed by atoms with Crippen LogP contribution in [-0.2, 0) is 16.1 Å². The van der Waals surface area contributed by atoms with Gasteiger partial charge in [-0.1, -0.05) is 6.07 Å². The van der Waals surface area contributed by atoms with Crippen LogP contribution in [0.3, 0.4) is 0 Å². The summed E-state index contributed by atoms with van der Waals surface area (Å²) in [6, 6.07) is 6.25. The average molecular weight is 343 g/mol. The van der Waals surface area contributed by atoms with Crippen LogP contribution in [-0.4, -0.2) is 48.1 Å². The molecule has 136 valence electrons. The third-order valence-corrected chi connectivity index (χ3v) is 6.05. The van der Waals surface area contributed by atoms with Crippen LogP contribution in [0.5, 0.6) is 0 Å². The summed E-state index contributed by atoms with van der Waals surface area (Å²) in [5, 5.41) is 3.15. The maximum Gasteiger partial charge on any atom is 0.223 e. The van der Waals surface area contributed by atoms with Crippen molar-refractivity contribution in [1.82, 2.24) is 15.2 Å². The highest BCUT2D eigenvalue weighted by Gasteiger charge is 2.47. The molecule has 1 amide bonds. The van der Waals surface area contributed by atoms with Gasteiger partial charge in [-0.25, -0.2) is 0 Å². The second-order valence-corrected chi connectivity index (χ2v) is 8.06. The Hall–Kier alpha value is -1.46. The van der Waals surface area contributed by atoms with E-state index in [2.05, 4.69) is 27.3 Å². The van der Waals surface area contributed by atoms with Gasteiger partial charge < -0.3 is 10.1 Å². The summed E-state index contributed by atoms with van der Waals surface area (Å²) in [5.74, 6) is 0.548. The van der Waals surface area contributed by atoms with E-state index < -0.39 is 0 Å². The number of nitrogens with one attached hydrogen (secondary N) is 1. The fourth-order valence-corrected chi connectivity index (χ4v) is 4.48. The maximum atomic E-state index is 11.9. The summed E-state index contributed by atoms with van der Waals surface area (Å²) in [7, 11) is 0. The van der Waals surface area contributed by atoms with Gasteiger partial charge in [0.05, 0.1) is 11.8 Å². The van der Waals surface area contributed by atoms with Crippen molar-refractivity contribution in [2.75, 3.05) is 26.2 Å². The monoisotopic (exact) mass is 343 g/mol. The Morgan fingerprint density at radius 3 is 3.08 bits per heavy atom. The molecule has 5 nitrogen and oxygen atoms in total. The zero-order valence-electron chi connectivity index (χ0n) is 15.2. The van der Waals surface area contributed by atoms with Crippen molar-refractivity contribution >= 4 is 5.91 Å². The third-order valence-electron chi connectivity index (χ3n) is 6.05.